The molecule has 0 radical (unpaired) electrons. The quantitative estimate of drug-likeness (QED) is 0.534. The second-order valence-corrected chi connectivity index (χ2v) is 10.7. The molecule has 166 valence electrons. The fourth-order valence-corrected chi connectivity index (χ4v) is 5.67. The normalized spacial score (nSPS) is 14.1. The molecular weight excluding hydrogens is 447 g/mol. The molecule has 0 aromatic heterocycles. The van der Waals surface area contributed by atoms with Crippen LogP contribution in [0.15, 0.2) is 76.5 Å². The first kappa shape index (κ1) is 22.5. The molecule has 1 N–H and O–H groups in total. The molecule has 0 spiro atoms. The molecule has 3 aromatic rings. The number of rotatable bonds is 6. The van der Waals surface area contributed by atoms with E-state index in [2.05, 4.69) is 5.32 Å². The highest BCUT2D eigenvalue weighted by atomic mass is 32.2. The summed E-state index contributed by atoms with van der Waals surface area (Å²) in [4.78, 5) is 13.4. The van der Waals surface area contributed by atoms with E-state index in [1.165, 1.54) is 28.2 Å². The van der Waals surface area contributed by atoms with Crippen molar-refractivity contribution in [1.82, 2.24) is 4.31 Å². The summed E-state index contributed by atoms with van der Waals surface area (Å²) in [6, 6.07) is 18.5. The standard InChI is InChI=1S/C24H23FN2O3S2/c1-17-2-10-23(11-3-17)32(29,30)27-13-12-18-4-7-21(14-19(18)15-27)26-24(28)16-31-22-8-5-20(25)6-9-22/h2-11,14H,12-13,15-16H2,1H3,(H,26,28). The van der Waals surface area contributed by atoms with E-state index < -0.39 is 10.0 Å². The van der Waals surface area contributed by atoms with Gasteiger partial charge in [-0.2, -0.15) is 4.31 Å². The highest BCUT2D eigenvalue weighted by molar-refractivity contribution is 8.00. The Hall–Kier alpha value is -2.68. The number of hydrogen-bond donors (Lipinski definition) is 1. The monoisotopic (exact) mass is 470 g/mol. The van der Waals surface area contributed by atoms with Crippen LogP contribution >= 0.6 is 11.8 Å². The molecule has 4 rings (SSSR count). The number of hydrogen-bond acceptors (Lipinski definition) is 4. The average Bonchev–Trinajstić information content (AvgIpc) is 2.78. The lowest BCUT2D eigenvalue weighted by molar-refractivity contribution is -0.113. The minimum atomic E-state index is -3.58. The highest BCUT2D eigenvalue weighted by Crippen LogP contribution is 2.27. The first-order valence-corrected chi connectivity index (χ1v) is 12.6. The molecule has 0 fully saturated rings. The van der Waals surface area contributed by atoms with E-state index in [-0.39, 0.29) is 28.9 Å². The maximum Gasteiger partial charge on any atom is 0.243 e. The molecule has 1 heterocycles. The number of nitrogens with zero attached hydrogens (tertiary/aromatic N) is 1. The van der Waals surface area contributed by atoms with E-state index in [9.17, 15) is 17.6 Å². The number of aryl methyl sites for hydroxylation is 1. The largest absolute Gasteiger partial charge is 0.325 e. The van der Waals surface area contributed by atoms with Gasteiger partial charge in [-0.15, -0.1) is 11.8 Å². The van der Waals surface area contributed by atoms with Gasteiger partial charge in [0.15, 0.2) is 0 Å². The zero-order valence-corrected chi connectivity index (χ0v) is 19.2. The summed E-state index contributed by atoms with van der Waals surface area (Å²) < 4.78 is 40.6. The molecule has 0 bridgehead atoms. The third-order valence-corrected chi connectivity index (χ3v) is 8.18. The van der Waals surface area contributed by atoms with Gasteiger partial charge < -0.3 is 5.32 Å². The number of anilines is 1. The fraction of sp³-hybridized carbons (Fsp3) is 0.208. The maximum atomic E-state index is 13.0. The van der Waals surface area contributed by atoms with Gasteiger partial charge in [0, 0.05) is 23.7 Å². The number of carbonyl (C=O) groups excluding carboxylic acids is 1. The number of fused-ring (bicyclic) bond motifs is 1. The van der Waals surface area contributed by atoms with Gasteiger partial charge in [0.05, 0.1) is 10.6 Å². The van der Waals surface area contributed by atoms with Crippen LogP contribution in [0.5, 0.6) is 0 Å². The maximum absolute atomic E-state index is 13.0. The molecule has 0 saturated carbocycles. The van der Waals surface area contributed by atoms with E-state index in [1.54, 1.807) is 36.4 Å². The Morgan fingerprint density at radius 1 is 1.03 bits per heavy atom. The van der Waals surface area contributed by atoms with Crippen LogP contribution in [0.3, 0.4) is 0 Å². The van der Waals surface area contributed by atoms with Crippen molar-refractivity contribution in [2.45, 2.75) is 29.7 Å². The van der Waals surface area contributed by atoms with Crippen LogP contribution in [-0.4, -0.2) is 30.9 Å². The van der Waals surface area contributed by atoms with Crippen LogP contribution in [0, 0.1) is 12.7 Å². The van der Waals surface area contributed by atoms with Gasteiger partial charge in [0.1, 0.15) is 5.82 Å². The third-order valence-electron chi connectivity index (χ3n) is 5.31. The number of carbonyl (C=O) groups is 1. The Bertz CT molecular complexity index is 1230. The first-order valence-electron chi connectivity index (χ1n) is 10.2. The second kappa shape index (κ2) is 9.44. The summed E-state index contributed by atoms with van der Waals surface area (Å²) in [5.74, 6) is -0.304. The topological polar surface area (TPSA) is 66.5 Å². The van der Waals surface area contributed by atoms with Crippen molar-refractivity contribution in [1.29, 1.82) is 0 Å². The second-order valence-electron chi connectivity index (χ2n) is 7.68. The summed E-state index contributed by atoms with van der Waals surface area (Å²) in [5, 5.41) is 2.86. The van der Waals surface area contributed by atoms with Gasteiger partial charge in [-0.1, -0.05) is 23.8 Å². The van der Waals surface area contributed by atoms with E-state index >= 15 is 0 Å². The Morgan fingerprint density at radius 2 is 1.75 bits per heavy atom. The van der Waals surface area contributed by atoms with Gasteiger partial charge >= 0.3 is 0 Å². The number of sulfonamides is 1. The van der Waals surface area contributed by atoms with Gasteiger partial charge in [0.25, 0.3) is 0 Å². The molecule has 5 nitrogen and oxygen atoms in total. The van der Waals surface area contributed by atoms with Crippen LogP contribution in [0.25, 0.3) is 0 Å². The summed E-state index contributed by atoms with van der Waals surface area (Å²) in [6.07, 6.45) is 0.620. The zero-order valence-electron chi connectivity index (χ0n) is 17.5. The van der Waals surface area contributed by atoms with Gasteiger partial charge in [-0.05, 0) is 73.0 Å². The van der Waals surface area contributed by atoms with Crippen molar-refractivity contribution in [3.05, 3.63) is 89.2 Å². The van der Waals surface area contributed by atoms with E-state index in [0.29, 0.717) is 18.7 Å². The molecule has 3 aromatic carbocycles. The van der Waals surface area contributed by atoms with Crippen LogP contribution < -0.4 is 5.32 Å². The molecule has 32 heavy (non-hydrogen) atoms. The first-order chi connectivity index (χ1) is 15.3. The Kier molecular flexibility index (Phi) is 6.64. The number of amides is 1. The number of thioether (sulfide) groups is 1. The van der Waals surface area contributed by atoms with E-state index in [0.717, 1.165) is 21.6 Å². The zero-order chi connectivity index (χ0) is 22.7. The molecule has 1 aliphatic rings. The van der Waals surface area contributed by atoms with Crippen molar-refractivity contribution >= 4 is 33.4 Å². The Morgan fingerprint density at radius 3 is 2.47 bits per heavy atom. The summed E-state index contributed by atoms with van der Waals surface area (Å²) in [6.45, 7) is 2.60. The average molecular weight is 471 g/mol. The van der Waals surface area contributed by atoms with Gasteiger partial charge in [-0.3, -0.25) is 4.79 Å². The van der Waals surface area contributed by atoms with Crippen molar-refractivity contribution in [2.24, 2.45) is 0 Å². The number of halogens is 1. The van der Waals surface area contributed by atoms with Crippen molar-refractivity contribution in [3.8, 4) is 0 Å². The molecular formula is C24H23FN2O3S2. The predicted octanol–water partition coefficient (Wildman–Crippen LogP) is 4.61. The highest BCUT2D eigenvalue weighted by Gasteiger charge is 2.28. The van der Waals surface area contributed by atoms with Crippen LogP contribution in [0.1, 0.15) is 16.7 Å². The fourth-order valence-electron chi connectivity index (χ4n) is 3.55. The summed E-state index contributed by atoms with van der Waals surface area (Å²) in [5.41, 5.74) is 3.60. The van der Waals surface area contributed by atoms with Crippen LogP contribution in [0.4, 0.5) is 10.1 Å². The van der Waals surface area contributed by atoms with Crippen molar-refractivity contribution in [2.75, 3.05) is 17.6 Å². The minimum Gasteiger partial charge on any atom is -0.325 e. The molecule has 0 unspecified atom stereocenters. The lowest BCUT2D eigenvalue weighted by Crippen LogP contribution is -2.36. The molecule has 0 aliphatic carbocycles. The SMILES string of the molecule is Cc1ccc(S(=O)(=O)N2CCc3ccc(NC(=O)CSc4ccc(F)cc4)cc3C2)cc1. The van der Waals surface area contributed by atoms with E-state index in [4.69, 9.17) is 0 Å². The summed E-state index contributed by atoms with van der Waals surface area (Å²) >= 11 is 1.32. The lowest BCUT2D eigenvalue weighted by atomic mass is 10.0. The van der Waals surface area contributed by atoms with Gasteiger partial charge in [0.2, 0.25) is 15.9 Å². The molecule has 1 aliphatic heterocycles. The molecule has 1 amide bonds. The number of nitrogens with one attached hydrogen (secondary N) is 1. The third kappa shape index (κ3) is 5.20. The Balaban J connectivity index is 1.42. The summed E-state index contributed by atoms with van der Waals surface area (Å²) in [7, 11) is -3.58. The molecule has 0 atom stereocenters. The molecule has 0 saturated heterocycles. The Labute approximate surface area is 191 Å². The van der Waals surface area contributed by atoms with Crippen LogP contribution in [0.2, 0.25) is 0 Å². The van der Waals surface area contributed by atoms with Crippen LogP contribution in [-0.2, 0) is 27.8 Å². The van der Waals surface area contributed by atoms with Crippen molar-refractivity contribution < 1.29 is 17.6 Å². The molecule has 8 heteroatoms. The lowest BCUT2D eigenvalue weighted by Gasteiger charge is -2.28. The smallest absolute Gasteiger partial charge is 0.243 e. The predicted molar refractivity (Wildman–Crippen MR) is 125 cm³/mol. The van der Waals surface area contributed by atoms with Crippen molar-refractivity contribution in [3.63, 3.8) is 0 Å². The minimum absolute atomic E-state index is 0.181. The van der Waals surface area contributed by atoms with Gasteiger partial charge in [-0.25, -0.2) is 12.8 Å². The number of benzene rings is 3. The van der Waals surface area contributed by atoms with E-state index in [1.807, 2.05) is 25.1 Å².